The molecule has 0 aromatic carbocycles. The lowest BCUT2D eigenvalue weighted by molar-refractivity contribution is 0.497. The Kier molecular flexibility index (Phi) is 4.47. The summed E-state index contributed by atoms with van der Waals surface area (Å²) in [6.07, 6.45) is 5.90. The van der Waals surface area contributed by atoms with Crippen molar-refractivity contribution < 1.29 is 4.42 Å². The monoisotopic (exact) mass is 193 g/mol. The van der Waals surface area contributed by atoms with Crippen LogP contribution in [-0.4, -0.2) is 6.54 Å². The van der Waals surface area contributed by atoms with E-state index in [9.17, 15) is 0 Å². The predicted octanol–water partition coefficient (Wildman–Crippen LogP) is 3.20. The zero-order valence-electron chi connectivity index (χ0n) is 9.05. The first-order chi connectivity index (χ1) is 6.77. The van der Waals surface area contributed by atoms with Gasteiger partial charge in [-0.05, 0) is 32.4 Å². The van der Waals surface area contributed by atoms with Gasteiger partial charge in [-0.3, -0.25) is 0 Å². The van der Waals surface area contributed by atoms with Crippen molar-refractivity contribution >= 4 is 0 Å². The van der Waals surface area contributed by atoms with Crippen molar-refractivity contribution in [1.82, 2.24) is 5.32 Å². The number of aryl methyl sites for hydroxylation is 1. The molecule has 1 atom stereocenters. The second-order valence-electron chi connectivity index (χ2n) is 3.47. The summed E-state index contributed by atoms with van der Waals surface area (Å²) in [6.45, 7) is 8.81. The van der Waals surface area contributed by atoms with E-state index in [1.807, 2.05) is 19.3 Å². The summed E-state index contributed by atoms with van der Waals surface area (Å²) in [5.41, 5.74) is 1.24. The van der Waals surface area contributed by atoms with E-state index in [0.29, 0.717) is 6.04 Å². The first-order valence-electron chi connectivity index (χ1n) is 5.17. The Labute approximate surface area is 86.0 Å². The molecule has 14 heavy (non-hydrogen) atoms. The molecule has 1 rings (SSSR count). The third-order valence-electron chi connectivity index (χ3n) is 2.26. The highest BCUT2D eigenvalue weighted by Gasteiger charge is 2.11. The molecule has 1 unspecified atom stereocenters. The van der Waals surface area contributed by atoms with Crippen molar-refractivity contribution in [2.45, 2.75) is 32.7 Å². The van der Waals surface area contributed by atoms with Gasteiger partial charge in [0.15, 0.2) is 0 Å². The molecule has 1 N–H and O–H groups in total. The van der Waals surface area contributed by atoms with E-state index in [-0.39, 0.29) is 0 Å². The average Bonchev–Trinajstić information content (AvgIpc) is 2.59. The Balaban J connectivity index is 2.61. The summed E-state index contributed by atoms with van der Waals surface area (Å²) in [4.78, 5) is 0. The van der Waals surface area contributed by atoms with Gasteiger partial charge in [0.1, 0.15) is 5.76 Å². The Bertz CT molecular complexity index is 278. The summed E-state index contributed by atoms with van der Waals surface area (Å²) in [5.74, 6) is 0.974. The lowest BCUT2D eigenvalue weighted by atomic mass is 10.0. The molecule has 0 aliphatic rings. The molecule has 0 bridgehead atoms. The molecular weight excluding hydrogens is 174 g/mol. The first-order valence-corrected chi connectivity index (χ1v) is 5.17. The minimum atomic E-state index is 0.399. The predicted molar refractivity (Wildman–Crippen MR) is 59.3 cm³/mol. The smallest absolute Gasteiger partial charge is 0.101 e. The van der Waals surface area contributed by atoms with Crippen LogP contribution in [-0.2, 0) is 0 Å². The molecule has 1 aromatic rings. The minimum absolute atomic E-state index is 0.399. The third kappa shape index (κ3) is 3.04. The normalized spacial score (nSPS) is 12.7. The van der Waals surface area contributed by atoms with Crippen LogP contribution in [0.15, 0.2) is 29.4 Å². The van der Waals surface area contributed by atoms with Gasteiger partial charge in [0.2, 0.25) is 0 Å². The highest BCUT2D eigenvalue weighted by molar-refractivity contribution is 5.16. The SMILES string of the molecule is C=CCCC(NCC)c1coc(C)c1. The molecule has 0 aliphatic carbocycles. The molecule has 0 aliphatic heterocycles. The van der Waals surface area contributed by atoms with Crippen molar-refractivity contribution in [3.63, 3.8) is 0 Å². The van der Waals surface area contributed by atoms with Crippen molar-refractivity contribution in [2.24, 2.45) is 0 Å². The van der Waals surface area contributed by atoms with Crippen molar-refractivity contribution in [3.05, 3.63) is 36.3 Å². The molecule has 0 radical (unpaired) electrons. The topological polar surface area (TPSA) is 25.2 Å². The van der Waals surface area contributed by atoms with Gasteiger partial charge in [-0.1, -0.05) is 13.0 Å². The standard InChI is InChI=1S/C12H19NO/c1-4-6-7-12(13-5-2)11-8-10(3)14-9-11/h4,8-9,12-13H,1,5-7H2,2-3H3. The van der Waals surface area contributed by atoms with Crippen molar-refractivity contribution in [2.75, 3.05) is 6.54 Å². The van der Waals surface area contributed by atoms with E-state index in [0.717, 1.165) is 25.1 Å². The highest BCUT2D eigenvalue weighted by atomic mass is 16.3. The van der Waals surface area contributed by atoms with Crippen LogP contribution in [0.1, 0.15) is 37.1 Å². The Morgan fingerprint density at radius 2 is 2.43 bits per heavy atom. The summed E-state index contributed by atoms with van der Waals surface area (Å²) in [6, 6.07) is 2.49. The molecule has 0 saturated heterocycles. The molecule has 2 nitrogen and oxygen atoms in total. The van der Waals surface area contributed by atoms with Gasteiger partial charge >= 0.3 is 0 Å². The van der Waals surface area contributed by atoms with E-state index in [1.54, 1.807) is 0 Å². The number of nitrogens with one attached hydrogen (secondary N) is 1. The van der Waals surface area contributed by atoms with Gasteiger partial charge in [0.25, 0.3) is 0 Å². The Hall–Kier alpha value is -1.02. The summed E-state index contributed by atoms with van der Waals surface area (Å²) < 4.78 is 5.31. The quantitative estimate of drug-likeness (QED) is 0.702. The van der Waals surface area contributed by atoms with Crippen LogP contribution in [0.4, 0.5) is 0 Å². The van der Waals surface area contributed by atoms with Crippen LogP contribution in [0.5, 0.6) is 0 Å². The lowest BCUT2D eigenvalue weighted by Gasteiger charge is -2.14. The Morgan fingerprint density at radius 1 is 1.64 bits per heavy atom. The number of hydrogen-bond donors (Lipinski definition) is 1. The average molecular weight is 193 g/mol. The number of hydrogen-bond acceptors (Lipinski definition) is 2. The minimum Gasteiger partial charge on any atom is -0.469 e. The summed E-state index contributed by atoms with van der Waals surface area (Å²) in [5, 5.41) is 3.44. The molecule has 1 aromatic heterocycles. The molecule has 0 fully saturated rings. The molecule has 1 heterocycles. The van der Waals surface area contributed by atoms with Crippen LogP contribution in [0.25, 0.3) is 0 Å². The van der Waals surface area contributed by atoms with Crippen molar-refractivity contribution in [3.8, 4) is 0 Å². The van der Waals surface area contributed by atoms with Gasteiger partial charge < -0.3 is 9.73 Å². The highest BCUT2D eigenvalue weighted by Crippen LogP contribution is 2.20. The van der Waals surface area contributed by atoms with Gasteiger partial charge in [-0.15, -0.1) is 6.58 Å². The fourth-order valence-electron chi connectivity index (χ4n) is 1.56. The largest absolute Gasteiger partial charge is 0.469 e. The van der Waals surface area contributed by atoms with Crippen LogP contribution < -0.4 is 5.32 Å². The maximum absolute atomic E-state index is 5.31. The zero-order chi connectivity index (χ0) is 10.4. The number of allylic oxidation sites excluding steroid dienone is 1. The molecule has 2 heteroatoms. The van der Waals surface area contributed by atoms with E-state index >= 15 is 0 Å². The number of rotatable bonds is 6. The second kappa shape index (κ2) is 5.66. The number of furan rings is 1. The van der Waals surface area contributed by atoms with E-state index in [1.165, 1.54) is 5.56 Å². The molecule has 78 valence electrons. The molecule has 0 amide bonds. The maximum atomic E-state index is 5.31. The lowest BCUT2D eigenvalue weighted by Crippen LogP contribution is -2.20. The Morgan fingerprint density at radius 3 is 2.93 bits per heavy atom. The summed E-state index contributed by atoms with van der Waals surface area (Å²) >= 11 is 0. The van der Waals surface area contributed by atoms with Crippen molar-refractivity contribution in [1.29, 1.82) is 0 Å². The van der Waals surface area contributed by atoms with Crippen LogP contribution in [0.3, 0.4) is 0 Å². The fraction of sp³-hybridized carbons (Fsp3) is 0.500. The van der Waals surface area contributed by atoms with E-state index in [4.69, 9.17) is 4.42 Å². The van der Waals surface area contributed by atoms with E-state index < -0.39 is 0 Å². The summed E-state index contributed by atoms with van der Waals surface area (Å²) in [7, 11) is 0. The van der Waals surface area contributed by atoms with Crippen LogP contribution >= 0.6 is 0 Å². The van der Waals surface area contributed by atoms with Gasteiger partial charge in [0.05, 0.1) is 6.26 Å². The van der Waals surface area contributed by atoms with Crippen LogP contribution in [0.2, 0.25) is 0 Å². The van der Waals surface area contributed by atoms with Gasteiger partial charge in [-0.2, -0.15) is 0 Å². The fourth-order valence-corrected chi connectivity index (χ4v) is 1.56. The molecular formula is C12H19NO. The first kappa shape index (κ1) is 11.1. The van der Waals surface area contributed by atoms with Gasteiger partial charge in [0, 0.05) is 11.6 Å². The second-order valence-corrected chi connectivity index (χ2v) is 3.47. The zero-order valence-corrected chi connectivity index (χ0v) is 9.05. The third-order valence-corrected chi connectivity index (χ3v) is 2.26. The van der Waals surface area contributed by atoms with Crippen LogP contribution in [0, 0.1) is 6.92 Å². The molecule has 0 saturated carbocycles. The van der Waals surface area contributed by atoms with Gasteiger partial charge in [-0.25, -0.2) is 0 Å². The molecule has 0 spiro atoms. The van der Waals surface area contributed by atoms with E-state index in [2.05, 4.69) is 24.9 Å². The maximum Gasteiger partial charge on any atom is 0.101 e.